The van der Waals surface area contributed by atoms with Crippen LogP contribution in [0.4, 0.5) is 16.3 Å². The van der Waals surface area contributed by atoms with Crippen LogP contribution in [0.15, 0.2) is 84.9 Å². The molecular formula is C28H29N5O4. The van der Waals surface area contributed by atoms with E-state index in [1.54, 1.807) is 43.2 Å². The van der Waals surface area contributed by atoms with E-state index in [4.69, 9.17) is 14.6 Å². The summed E-state index contributed by atoms with van der Waals surface area (Å²) in [5, 5.41) is 10.4. The largest absolute Gasteiger partial charge is 0.497 e. The molecule has 0 aliphatic rings. The molecule has 4 rings (SSSR count). The molecular weight excluding hydrogens is 470 g/mol. The van der Waals surface area contributed by atoms with E-state index in [-0.39, 0.29) is 18.5 Å². The number of hydrogen-bond donors (Lipinski definition) is 2. The Morgan fingerprint density at radius 1 is 0.865 bits per heavy atom. The van der Waals surface area contributed by atoms with Gasteiger partial charge in [0.15, 0.2) is 0 Å². The SMILES string of the molecule is CCN(CC(=O)Nc1cc(-c2ccccc2)nn1-c1ccc(OC)cc1)C(=O)Nc1cccc(OC)c1. The predicted molar refractivity (Wildman–Crippen MR) is 143 cm³/mol. The van der Waals surface area contributed by atoms with Gasteiger partial charge in [0, 0.05) is 29.9 Å². The second-order valence-corrected chi connectivity index (χ2v) is 8.12. The molecule has 0 unspecified atom stereocenters. The molecule has 3 amide bonds. The fourth-order valence-electron chi connectivity index (χ4n) is 3.73. The standard InChI is InChI=1S/C28H29N5O4/c1-4-32(28(35)29-21-11-8-12-24(17-21)37-3)19-27(34)30-26-18-25(20-9-6-5-7-10-20)31-33(26)22-13-15-23(36-2)16-14-22/h5-18H,4,19H2,1-3H3,(H,29,35)(H,30,34). The highest BCUT2D eigenvalue weighted by molar-refractivity contribution is 5.97. The third kappa shape index (κ3) is 6.26. The van der Waals surface area contributed by atoms with Crippen molar-refractivity contribution in [1.82, 2.24) is 14.7 Å². The minimum absolute atomic E-state index is 0.138. The van der Waals surface area contributed by atoms with Gasteiger partial charge in [0.25, 0.3) is 0 Å². The van der Waals surface area contributed by atoms with Gasteiger partial charge in [0.1, 0.15) is 23.9 Å². The van der Waals surface area contributed by atoms with Crippen molar-refractivity contribution >= 4 is 23.4 Å². The van der Waals surface area contributed by atoms with E-state index in [0.717, 1.165) is 11.3 Å². The van der Waals surface area contributed by atoms with Crippen LogP contribution in [0.5, 0.6) is 11.5 Å². The van der Waals surface area contributed by atoms with Crippen LogP contribution in [0.2, 0.25) is 0 Å². The van der Waals surface area contributed by atoms with Gasteiger partial charge in [0.05, 0.1) is 25.6 Å². The molecule has 0 saturated heterocycles. The fraction of sp³-hybridized carbons (Fsp3) is 0.179. The van der Waals surface area contributed by atoms with Crippen LogP contribution in [0.1, 0.15) is 6.92 Å². The Kier molecular flexibility index (Phi) is 8.05. The summed E-state index contributed by atoms with van der Waals surface area (Å²) in [6.07, 6.45) is 0. The highest BCUT2D eigenvalue weighted by Crippen LogP contribution is 2.26. The molecule has 4 aromatic rings. The van der Waals surface area contributed by atoms with Gasteiger partial charge < -0.3 is 25.0 Å². The van der Waals surface area contributed by atoms with Crippen LogP contribution in [0.3, 0.4) is 0 Å². The molecule has 1 aromatic heterocycles. The van der Waals surface area contributed by atoms with Crippen molar-refractivity contribution in [2.24, 2.45) is 0 Å². The zero-order valence-electron chi connectivity index (χ0n) is 21.0. The predicted octanol–water partition coefficient (Wildman–Crippen LogP) is 5.05. The van der Waals surface area contributed by atoms with Gasteiger partial charge in [-0.25, -0.2) is 9.48 Å². The monoisotopic (exact) mass is 499 g/mol. The zero-order valence-corrected chi connectivity index (χ0v) is 21.0. The lowest BCUT2D eigenvalue weighted by Gasteiger charge is -2.21. The first-order valence-corrected chi connectivity index (χ1v) is 11.8. The van der Waals surface area contributed by atoms with Crippen molar-refractivity contribution in [3.8, 4) is 28.4 Å². The first-order chi connectivity index (χ1) is 18.0. The minimum atomic E-state index is -0.389. The van der Waals surface area contributed by atoms with Gasteiger partial charge >= 0.3 is 6.03 Å². The second-order valence-electron chi connectivity index (χ2n) is 8.12. The van der Waals surface area contributed by atoms with E-state index in [9.17, 15) is 9.59 Å². The summed E-state index contributed by atoms with van der Waals surface area (Å²) in [4.78, 5) is 27.3. The molecule has 37 heavy (non-hydrogen) atoms. The minimum Gasteiger partial charge on any atom is -0.497 e. The quantitative estimate of drug-likeness (QED) is 0.336. The molecule has 0 fully saturated rings. The fourth-order valence-corrected chi connectivity index (χ4v) is 3.73. The average Bonchev–Trinajstić information content (AvgIpc) is 3.35. The number of benzene rings is 3. The van der Waals surface area contributed by atoms with E-state index in [1.807, 2.05) is 67.6 Å². The Balaban J connectivity index is 1.53. The number of carbonyl (C=O) groups is 2. The first kappa shape index (κ1) is 25.3. The lowest BCUT2D eigenvalue weighted by molar-refractivity contribution is -0.116. The number of nitrogens with zero attached hydrogens (tertiary/aromatic N) is 3. The summed E-state index contributed by atoms with van der Waals surface area (Å²) < 4.78 is 12.1. The summed E-state index contributed by atoms with van der Waals surface area (Å²) in [7, 11) is 3.16. The third-order valence-electron chi connectivity index (χ3n) is 5.69. The van der Waals surface area contributed by atoms with Crippen molar-refractivity contribution in [3.63, 3.8) is 0 Å². The molecule has 0 radical (unpaired) electrons. The zero-order chi connectivity index (χ0) is 26.2. The lowest BCUT2D eigenvalue weighted by Crippen LogP contribution is -2.40. The van der Waals surface area contributed by atoms with Crippen molar-refractivity contribution in [1.29, 1.82) is 0 Å². The Morgan fingerprint density at radius 3 is 2.27 bits per heavy atom. The molecule has 0 aliphatic carbocycles. The molecule has 0 saturated carbocycles. The topological polar surface area (TPSA) is 97.7 Å². The Bertz CT molecular complexity index is 1350. The highest BCUT2D eigenvalue weighted by atomic mass is 16.5. The number of rotatable bonds is 9. The number of amides is 3. The van der Waals surface area contributed by atoms with Gasteiger partial charge in [0.2, 0.25) is 5.91 Å². The summed E-state index contributed by atoms with van der Waals surface area (Å²) in [5.41, 5.74) is 2.95. The molecule has 0 aliphatic heterocycles. The van der Waals surface area contributed by atoms with Gasteiger partial charge in [-0.1, -0.05) is 36.4 Å². The van der Waals surface area contributed by atoms with Gasteiger partial charge in [-0.15, -0.1) is 0 Å². The molecule has 9 nitrogen and oxygen atoms in total. The van der Waals surface area contributed by atoms with E-state index in [0.29, 0.717) is 35.2 Å². The van der Waals surface area contributed by atoms with Gasteiger partial charge in [-0.05, 0) is 43.3 Å². The normalized spacial score (nSPS) is 10.5. The number of urea groups is 1. The second kappa shape index (κ2) is 11.8. The molecule has 1 heterocycles. The molecule has 3 aromatic carbocycles. The van der Waals surface area contributed by atoms with Crippen LogP contribution in [0.25, 0.3) is 16.9 Å². The molecule has 9 heteroatoms. The molecule has 190 valence electrons. The number of carbonyl (C=O) groups excluding carboxylic acids is 2. The van der Waals surface area contributed by atoms with E-state index >= 15 is 0 Å². The Labute approximate surface area is 215 Å². The number of likely N-dealkylation sites (N-methyl/N-ethyl adjacent to an activating group) is 1. The molecule has 0 spiro atoms. The van der Waals surface area contributed by atoms with Crippen LogP contribution < -0.4 is 20.1 Å². The maximum absolute atomic E-state index is 13.1. The lowest BCUT2D eigenvalue weighted by atomic mass is 10.1. The molecule has 0 atom stereocenters. The van der Waals surface area contributed by atoms with Crippen molar-refractivity contribution in [3.05, 3.63) is 84.9 Å². The first-order valence-electron chi connectivity index (χ1n) is 11.8. The van der Waals surface area contributed by atoms with Crippen LogP contribution in [-0.4, -0.2) is 53.9 Å². The van der Waals surface area contributed by atoms with Crippen molar-refractivity contribution in [2.45, 2.75) is 6.92 Å². The maximum Gasteiger partial charge on any atom is 0.322 e. The molecule has 2 N–H and O–H groups in total. The smallest absolute Gasteiger partial charge is 0.322 e. The third-order valence-corrected chi connectivity index (χ3v) is 5.69. The summed E-state index contributed by atoms with van der Waals surface area (Å²) in [6.45, 7) is 2.02. The van der Waals surface area contributed by atoms with E-state index < -0.39 is 0 Å². The van der Waals surface area contributed by atoms with Crippen molar-refractivity contribution in [2.75, 3.05) is 37.9 Å². The molecule has 0 bridgehead atoms. The van der Waals surface area contributed by atoms with Crippen LogP contribution in [0, 0.1) is 0 Å². The van der Waals surface area contributed by atoms with E-state index in [1.165, 1.54) is 4.90 Å². The summed E-state index contributed by atoms with van der Waals surface area (Å²) in [6, 6.07) is 25.5. The number of nitrogens with one attached hydrogen (secondary N) is 2. The summed E-state index contributed by atoms with van der Waals surface area (Å²) in [5.74, 6) is 1.47. The number of aromatic nitrogens is 2. The van der Waals surface area contributed by atoms with Crippen LogP contribution >= 0.6 is 0 Å². The van der Waals surface area contributed by atoms with Crippen molar-refractivity contribution < 1.29 is 19.1 Å². The number of hydrogen-bond acceptors (Lipinski definition) is 5. The van der Waals surface area contributed by atoms with Crippen LogP contribution in [-0.2, 0) is 4.79 Å². The van der Waals surface area contributed by atoms with Gasteiger partial charge in [-0.3, -0.25) is 4.79 Å². The number of methoxy groups -OCH3 is 2. The Hall–Kier alpha value is -4.79. The number of ether oxygens (including phenoxy) is 2. The highest BCUT2D eigenvalue weighted by Gasteiger charge is 2.19. The van der Waals surface area contributed by atoms with E-state index in [2.05, 4.69) is 10.6 Å². The average molecular weight is 500 g/mol. The maximum atomic E-state index is 13.1. The number of anilines is 2. The summed E-state index contributed by atoms with van der Waals surface area (Å²) >= 11 is 0. The Morgan fingerprint density at radius 2 is 1.59 bits per heavy atom. The van der Waals surface area contributed by atoms with Gasteiger partial charge in [-0.2, -0.15) is 5.10 Å².